The highest BCUT2D eigenvalue weighted by Crippen LogP contribution is 2.26. The number of ether oxygens (including phenoxy) is 1. The summed E-state index contributed by atoms with van der Waals surface area (Å²) in [6, 6.07) is 7.75. The van der Waals surface area contributed by atoms with E-state index in [-0.39, 0.29) is 6.04 Å². The third-order valence-electron chi connectivity index (χ3n) is 2.81. The Kier molecular flexibility index (Phi) is 4.64. The lowest BCUT2D eigenvalue weighted by Crippen LogP contribution is -2.25. The second kappa shape index (κ2) is 6.23. The molecule has 3 nitrogen and oxygen atoms in total. The van der Waals surface area contributed by atoms with Gasteiger partial charge in [-0.15, -0.1) is 0 Å². The summed E-state index contributed by atoms with van der Waals surface area (Å²) in [4.78, 5) is 0. The predicted octanol–water partition coefficient (Wildman–Crippen LogP) is 3.77. The molecule has 0 fully saturated rings. The van der Waals surface area contributed by atoms with Crippen LogP contribution < -0.4 is 5.32 Å². The van der Waals surface area contributed by atoms with E-state index in [0.29, 0.717) is 6.61 Å². The van der Waals surface area contributed by atoms with E-state index in [4.69, 9.17) is 20.8 Å². The van der Waals surface area contributed by atoms with Crippen LogP contribution in [0.25, 0.3) is 11.0 Å². The third-order valence-corrected chi connectivity index (χ3v) is 3.05. The van der Waals surface area contributed by atoms with E-state index in [1.54, 1.807) is 7.11 Å². The van der Waals surface area contributed by atoms with Gasteiger partial charge in [-0.05, 0) is 37.2 Å². The summed E-state index contributed by atoms with van der Waals surface area (Å²) in [6.07, 6.45) is 1.08. The highest BCUT2D eigenvalue weighted by atomic mass is 35.5. The largest absolute Gasteiger partial charge is 0.459 e. The summed E-state index contributed by atoms with van der Waals surface area (Å²) >= 11 is 5.97. The number of nitrogens with one attached hydrogen (secondary N) is 1. The summed E-state index contributed by atoms with van der Waals surface area (Å²) < 4.78 is 11.1. The van der Waals surface area contributed by atoms with Gasteiger partial charge in [-0.1, -0.05) is 18.5 Å². The minimum atomic E-state index is 0.0844. The molecule has 2 aromatic rings. The molecule has 0 bridgehead atoms. The van der Waals surface area contributed by atoms with E-state index in [1.165, 1.54) is 0 Å². The van der Waals surface area contributed by atoms with Crippen molar-refractivity contribution in [2.75, 3.05) is 20.3 Å². The van der Waals surface area contributed by atoms with E-state index in [1.807, 2.05) is 24.3 Å². The van der Waals surface area contributed by atoms with Crippen LogP contribution in [0.2, 0.25) is 5.02 Å². The van der Waals surface area contributed by atoms with E-state index >= 15 is 0 Å². The van der Waals surface area contributed by atoms with Gasteiger partial charge in [0.15, 0.2) is 0 Å². The van der Waals surface area contributed by atoms with Crippen molar-refractivity contribution in [2.24, 2.45) is 0 Å². The zero-order chi connectivity index (χ0) is 13.0. The highest BCUT2D eigenvalue weighted by molar-refractivity contribution is 6.31. The second-order valence-electron chi connectivity index (χ2n) is 4.29. The summed E-state index contributed by atoms with van der Waals surface area (Å²) in [7, 11) is 1.69. The number of fused-ring (bicyclic) bond motifs is 1. The van der Waals surface area contributed by atoms with Gasteiger partial charge in [0.25, 0.3) is 0 Å². The Morgan fingerprint density at radius 3 is 2.94 bits per heavy atom. The average Bonchev–Trinajstić information content (AvgIpc) is 2.77. The molecule has 4 heteroatoms. The fourth-order valence-electron chi connectivity index (χ4n) is 1.93. The first-order valence-electron chi connectivity index (χ1n) is 6.16. The normalized spacial score (nSPS) is 13.1. The number of hydrogen-bond acceptors (Lipinski definition) is 3. The molecule has 0 amide bonds. The monoisotopic (exact) mass is 267 g/mol. The molecule has 0 saturated heterocycles. The lowest BCUT2D eigenvalue weighted by Gasteiger charge is -2.14. The fraction of sp³-hybridized carbons (Fsp3) is 0.429. The minimum Gasteiger partial charge on any atom is -0.459 e. The van der Waals surface area contributed by atoms with Crippen LogP contribution in [0.3, 0.4) is 0 Å². The van der Waals surface area contributed by atoms with Crippen molar-refractivity contribution in [3.8, 4) is 0 Å². The third kappa shape index (κ3) is 3.05. The number of hydrogen-bond donors (Lipinski definition) is 1. The summed E-state index contributed by atoms with van der Waals surface area (Å²) in [5.41, 5.74) is 0.855. The van der Waals surface area contributed by atoms with Gasteiger partial charge in [0.1, 0.15) is 11.3 Å². The van der Waals surface area contributed by atoms with Crippen LogP contribution in [0.5, 0.6) is 0 Å². The van der Waals surface area contributed by atoms with Crippen LogP contribution in [0.15, 0.2) is 28.7 Å². The first-order valence-corrected chi connectivity index (χ1v) is 6.53. The predicted molar refractivity (Wildman–Crippen MR) is 74.1 cm³/mol. The number of methoxy groups -OCH3 is 1. The number of halogens is 1. The van der Waals surface area contributed by atoms with Gasteiger partial charge >= 0.3 is 0 Å². The van der Waals surface area contributed by atoms with Gasteiger partial charge in [0.2, 0.25) is 0 Å². The van der Waals surface area contributed by atoms with Crippen molar-refractivity contribution in [3.63, 3.8) is 0 Å². The number of rotatable bonds is 6. The van der Waals surface area contributed by atoms with Crippen LogP contribution in [-0.4, -0.2) is 20.3 Å². The smallest absolute Gasteiger partial charge is 0.134 e. The molecule has 0 aliphatic rings. The van der Waals surface area contributed by atoms with Crippen LogP contribution in [0, 0.1) is 0 Å². The first-order chi connectivity index (χ1) is 8.74. The summed E-state index contributed by atoms with van der Waals surface area (Å²) in [6.45, 7) is 3.66. The van der Waals surface area contributed by atoms with E-state index < -0.39 is 0 Å². The van der Waals surface area contributed by atoms with Gasteiger partial charge in [-0.3, -0.25) is 0 Å². The van der Waals surface area contributed by atoms with Crippen molar-refractivity contribution in [2.45, 2.75) is 19.4 Å². The van der Waals surface area contributed by atoms with Crippen molar-refractivity contribution < 1.29 is 9.15 Å². The van der Waals surface area contributed by atoms with E-state index in [2.05, 4.69) is 12.2 Å². The molecule has 1 aromatic heterocycles. The maximum absolute atomic E-state index is 5.97. The number of furan rings is 1. The van der Waals surface area contributed by atoms with Gasteiger partial charge in [0, 0.05) is 17.5 Å². The second-order valence-corrected chi connectivity index (χ2v) is 4.73. The maximum atomic E-state index is 5.97. The molecule has 0 aliphatic carbocycles. The molecule has 0 saturated carbocycles. The molecule has 2 rings (SSSR count). The van der Waals surface area contributed by atoms with Gasteiger partial charge in [-0.25, -0.2) is 0 Å². The fourth-order valence-corrected chi connectivity index (χ4v) is 2.11. The lowest BCUT2D eigenvalue weighted by atomic mass is 10.2. The van der Waals surface area contributed by atoms with Crippen molar-refractivity contribution in [1.82, 2.24) is 5.32 Å². The average molecular weight is 268 g/mol. The Hall–Kier alpha value is -1.03. The first kappa shape index (κ1) is 13.4. The van der Waals surface area contributed by atoms with Crippen molar-refractivity contribution >= 4 is 22.6 Å². The van der Waals surface area contributed by atoms with E-state index in [9.17, 15) is 0 Å². The standard InChI is InChI=1S/C14H18ClNO2/c1-3-6-16-12(9-17-2)14-8-10-7-11(15)4-5-13(10)18-14/h4-5,7-8,12,16H,3,6,9H2,1-2H3. The highest BCUT2D eigenvalue weighted by Gasteiger charge is 2.15. The summed E-state index contributed by atoms with van der Waals surface area (Å²) in [5.74, 6) is 0.891. The molecule has 0 radical (unpaired) electrons. The Morgan fingerprint density at radius 2 is 2.22 bits per heavy atom. The molecule has 1 N–H and O–H groups in total. The molecule has 98 valence electrons. The molecular weight excluding hydrogens is 250 g/mol. The minimum absolute atomic E-state index is 0.0844. The Labute approximate surface area is 112 Å². The van der Waals surface area contributed by atoms with Gasteiger partial charge in [-0.2, -0.15) is 0 Å². The SMILES string of the molecule is CCCNC(COC)c1cc2cc(Cl)ccc2o1. The van der Waals surface area contributed by atoms with Crippen LogP contribution in [0.1, 0.15) is 25.1 Å². The number of benzene rings is 1. The molecule has 1 atom stereocenters. The molecule has 0 aliphatic heterocycles. The van der Waals surface area contributed by atoms with Crippen molar-refractivity contribution in [1.29, 1.82) is 0 Å². The van der Waals surface area contributed by atoms with Crippen LogP contribution in [0.4, 0.5) is 0 Å². The molecule has 0 spiro atoms. The lowest BCUT2D eigenvalue weighted by molar-refractivity contribution is 0.158. The summed E-state index contributed by atoms with van der Waals surface area (Å²) in [5, 5.41) is 5.16. The molecule has 1 aromatic carbocycles. The Bertz CT molecular complexity index is 509. The molecular formula is C14H18ClNO2. The molecule has 1 unspecified atom stereocenters. The molecule has 18 heavy (non-hydrogen) atoms. The van der Waals surface area contributed by atoms with Crippen LogP contribution >= 0.6 is 11.6 Å². The topological polar surface area (TPSA) is 34.4 Å². The van der Waals surface area contributed by atoms with Gasteiger partial charge in [0.05, 0.1) is 12.6 Å². The zero-order valence-corrected chi connectivity index (χ0v) is 11.5. The molecule has 1 heterocycles. The Balaban J connectivity index is 2.26. The quantitative estimate of drug-likeness (QED) is 0.865. The van der Waals surface area contributed by atoms with E-state index in [0.717, 1.165) is 34.7 Å². The zero-order valence-electron chi connectivity index (χ0n) is 10.7. The van der Waals surface area contributed by atoms with Crippen molar-refractivity contribution in [3.05, 3.63) is 35.0 Å². The van der Waals surface area contributed by atoms with Gasteiger partial charge < -0.3 is 14.5 Å². The maximum Gasteiger partial charge on any atom is 0.134 e. The van der Waals surface area contributed by atoms with Crippen LogP contribution in [-0.2, 0) is 4.74 Å². The Morgan fingerprint density at radius 1 is 1.39 bits per heavy atom.